The minimum atomic E-state index is 0.500. The molecule has 0 bridgehead atoms. The van der Waals surface area contributed by atoms with Gasteiger partial charge in [0.25, 0.3) is 0 Å². The molecule has 1 atom stereocenters. The van der Waals surface area contributed by atoms with Gasteiger partial charge in [-0.25, -0.2) is 4.98 Å². The van der Waals surface area contributed by atoms with E-state index in [4.69, 9.17) is 0 Å². The van der Waals surface area contributed by atoms with Gasteiger partial charge < -0.3 is 4.57 Å². The molecule has 1 aliphatic heterocycles. The van der Waals surface area contributed by atoms with Gasteiger partial charge in [0.2, 0.25) is 0 Å². The zero-order chi connectivity index (χ0) is 11.0. The van der Waals surface area contributed by atoms with Gasteiger partial charge in [0, 0.05) is 17.8 Å². The maximum Gasteiger partial charge on any atom is 0.133 e. The molecule has 1 aromatic carbocycles. The summed E-state index contributed by atoms with van der Waals surface area (Å²) >= 11 is 0. The third-order valence-corrected chi connectivity index (χ3v) is 2.93. The van der Waals surface area contributed by atoms with Crippen LogP contribution in [0.4, 0.5) is 0 Å². The fourth-order valence-corrected chi connectivity index (χ4v) is 2.01. The first-order chi connectivity index (χ1) is 7.84. The lowest BCUT2D eigenvalue weighted by molar-refractivity contribution is 0.541. The predicted molar refractivity (Wildman–Crippen MR) is 63.7 cm³/mol. The molecule has 0 amide bonds. The first-order valence-corrected chi connectivity index (χ1v) is 5.48. The molecule has 78 valence electrons. The second-order valence-electron chi connectivity index (χ2n) is 4.10. The summed E-state index contributed by atoms with van der Waals surface area (Å²) in [7, 11) is 0. The molecule has 3 rings (SSSR count). The summed E-state index contributed by atoms with van der Waals surface area (Å²) in [5, 5.41) is 0. The van der Waals surface area contributed by atoms with Crippen molar-refractivity contribution >= 4 is 6.08 Å². The first kappa shape index (κ1) is 9.23. The predicted octanol–water partition coefficient (Wildman–Crippen LogP) is 3.13. The van der Waals surface area contributed by atoms with Crippen LogP contribution in [0.3, 0.4) is 0 Å². The Morgan fingerprint density at radius 3 is 3.12 bits per heavy atom. The van der Waals surface area contributed by atoms with E-state index < -0.39 is 0 Å². The Labute approximate surface area is 95.3 Å². The highest BCUT2D eigenvalue weighted by Crippen LogP contribution is 2.25. The second kappa shape index (κ2) is 3.53. The smallest absolute Gasteiger partial charge is 0.133 e. The van der Waals surface area contributed by atoms with E-state index in [1.165, 1.54) is 0 Å². The van der Waals surface area contributed by atoms with Gasteiger partial charge in [-0.05, 0) is 37.6 Å². The van der Waals surface area contributed by atoms with Crippen molar-refractivity contribution in [1.29, 1.82) is 0 Å². The van der Waals surface area contributed by atoms with Crippen molar-refractivity contribution in [2.45, 2.75) is 19.4 Å². The van der Waals surface area contributed by atoms with Crippen molar-refractivity contribution < 1.29 is 0 Å². The molecule has 0 N–H and O–H groups in total. The highest BCUT2D eigenvalue weighted by atomic mass is 15.1. The monoisotopic (exact) mass is 208 g/mol. The van der Waals surface area contributed by atoms with Gasteiger partial charge in [0.1, 0.15) is 5.82 Å². The maximum absolute atomic E-state index is 4.61. The highest BCUT2D eigenvalue weighted by molar-refractivity contribution is 5.60. The summed E-state index contributed by atoms with van der Waals surface area (Å²) in [4.78, 5) is 4.61. The third kappa shape index (κ3) is 1.42. The quantitative estimate of drug-likeness (QED) is 0.704. The topological polar surface area (TPSA) is 17.8 Å². The van der Waals surface area contributed by atoms with Crippen LogP contribution in [0.25, 0.3) is 17.3 Å². The summed E-state index contributed by atoms with van der Waals surface area (Å²) in [6, 6.07) is 12.2. The minimum Gasteiger partial charge on any atom is -0.328 e. The molecule has 0 radical (unpaired) electrons. The Kier molecular flexibility index (Phi) is 2.04. The molecule has 2 nitrogen and oxygen atoms in total. The zero-order valence-corrected chi connectivity index (χ0v) is 9.14. The summed E-state index contributed by atoms with van der Waals surface area (Å²) in [5.74, 6) is 1.04. The lowest BCUT2D eigenvalue weighted by atomic mass is 10.1. The fraction of sp³-hybridized carbons (Fsp3) is 0.214. The van der Waals surface area contributed by atoms with Gasteiger partial charge in [-0.15, -0.1) is 0 Å². The lowest BCUT2D eigenvalue weighted by Gasteiger charge is -2.16. The van der Waals surface area contributed by atoms with Crippen LogP contribution in [-0.2, 0) is 0 Å². The molecule has 0 spiro atoms. The SMILES string of the molecule is CC1CC=Cc2nc(-c3cc#ccc3)cn21. The number of fused-ring (bicyclic) bond motifs is 1. The Bertz CT molecular complexity index is 523. The van der Waals surface area contributed by atoms with E-state index in [-0.39, 0.29) is 0 Å². The van der Waals surface area contributed by atoms with Gasteiger partial charge in [0.05, 0.1) is 5.69 Å². The lowest BCUT2D eigenvalue weighted by Crippen LogP contribution is -2.07. The van der Waals surface area contributed by atoms with Crippen LogP contribution in [0.2, 0.25) is 0 Å². The maximum atomic E-state index is 4.61. The number of aromatic nitrogens is 2. The van der Waals surface area contributed by atoms with Gasteiger partial charge in [0.15, 0.2) is 0 Å². The van der Waals surface area contributed by atoms with Gasteiger partial charge in [-0.2, -0.15) is 0 Å². The number of hydrogen-bond acceptors (Lipinski definition) is 1. The third-order valence-electron chi connectivity index (χ3n) is 2.93. The van der Waals surface area contributed by atoms with E-state index >= 15 is 0 Å². The molecule has 0 fully saturated rings. The van der Waals surface area contributed by atoms with Crippen LogP contribution in [0.15, 0.2) is 30.5 Å². The Morgan fingerprint density at radius 1 is 1.44 bits per heavy atom. The van der Waals surface area contributed by atoms with Crippen molar-refractivity contribution in [2.24, 2.45) is 0 Å². The van der Waals surface area contributed by atoms with Crippen LogP contribution in [-0.4, -0.2) is 9.55 Å². The summed E-state index contributed by atoms with van der Waals surface area (Å²) < 4.78 is 2.23. The fourth-order valence-electron chi connectivity index (χ4n) is 2.01. The van der Waals surface area contributed by atoms with Crippen LogP contribution < -0.4 is 0 Å². The van der Waals surface area contributed by atoms with Crippen LogP contribution in [0.1, 0.15) is 25.2 Å². The van der Waals surface area contributed by atoms with E-state index in [2.05, 4.69) is 47.0 Å². The van der Waals surface area contributed by atoms with Crippen molar-refractivity contribution in [1.82, 2.24) is 9.55 Å². The molecular weight excluding hydrogens is 196 g/mol. The first-order valence-electron chi connectivity index (χ1n) is 5.48. The molecule has 2 heterocycles. The molecule has 0 aliphatic carbocycles. The molecular formula is C14H12N2. The molecule has 0 saturated heterocycles. The van der Waals surface area contributed by atoms with E-state index in [1.807, 2.05) is 18.2 Å². The Morgan fingerprint density at radius 2 is 2.38 bits per heavy atom. The number of allylic oxidation sites excluding steroid dienone is 1. The van der Waals surface area contributed by atoms with Crippen LogP contribution in [0, 0.1) is 12.1 Å². The molecule has 2 aromatic rings. The highest BCUT2D eigenvalue weighted by Gasteiger charge is 2.14. The summed E-state index contributed by atoms with van der Waals surface area (Å²) in [6.07, 6.45) is 7.47. The molecule has 1 unspecified atom stereocenters. The number of nitrogens with zero attached hydrogens (tertiary/aromatic N) is 2. The summed E-state index contributed by atoms with van der Waals surface area (Å²) in [5.41, 5.74) is 2.11. The average Bonchev–Trinajstić information content (AvgIpc) is 2.76. The molecule has 16 heavy (non-hydrogen) atoms. The van der Waals surface area contributed by atoms with Crippen molar-refractivity contribution in [3.05, 3.63) is 48.4 Å². The van der Waals surface area contributed by atoms with Crippen molar-refractivity contribution in [2.75, 3.05) is 0 Å². The van der Waals surface area contributed by atoms with Gasteiger partial charge in [-0.1, -0.05) is 18.2 Å². The second-order valence-corrected chi connectivity index (χ2v) is 4.10. The van der Waals surface area contributed by atoms with Gasteiger partial charge >= 0.3 is 0 Å². The molecule has 1 aromatic heterocycles. The standard InChI is InChI=1S/C14H12N2/c1-11-6-5-9-14-15-13(10-16(11)14)12-7-3-2-4-8-12/h3,5,7-11H,6H2,1H3. The van der Waals surface area contributed by atoms with Crippen LogP contribution >= 0.6 is 0 Å². The number of hydrogen-bond donors (Lipinski definition) is 0. The number of imidazole rings is 1. The van der Waals surface area contributed by atoms with Crippen molar-refractivity contribution in [3.63, 3.8) is 0 Å². The largest absolute Gasteiger partial charge is 0.328 e. The van der Waals surface area contributed by atoms with E-state index in [0.717, 1.165) is 23.5 Å². The Hall–Kier alpha value is -2.01. The molecule has 2 heteroatoms. The number of rotatable bonds is 1. The van der Waals surface area contributed by atoms with E-state index in [9.17, 15) is 0 Å². The summed E-state index contributed by atoms with van der Waals surface area (Å²) in [6.45, 7) is 2.21. The normalized spacial score (nSPS) is 17.9. The molecule has 0 saturated carbocycles. The Balaban J connectivity index is 2.09. The average molecular weight is 208 g/mol. The van der Waals surface area contributed by atoms with Gasteiger partial charge in [-0.3, -0.25) is 0 Å². The van der Waals surface area contributed by atoms with Crippen LogP contribution in [0.5, 0.6) is 0 Å². The van der Waals surface area contributed by atoms with Crippen molar-refractivity contribution in [3.8, 4) is 11.3 Å². The molecule has 1 aliphatic rings. The zero-order valence-electron chi connectivity index (χ0n) is 9.14. The minimum absolute atomic E-state index is 0.500. The van der Waals surface area contributed by atoms with E-state index in [0.29, 0.717) is 6.04 Å². The van der Waals surface area contributed by atoms with E-state index in [1.54, 1.807) is 0 Å².